The summed E-state index contributed by atoms with van der Waals surface area (Å²) in [6.45, 7) is 0.345. The van der Waals surface area contributed by atoms with Crippen molar-refractivity contribution < 1.29 is 24.5 Å². The van der Waals surface area contributed by atoms with Gasteiger partial charge >= 0.3 is 0 Å². The van der Waals surface area contributed by atoms with Gasteiger partial charge in [0.2, 0.25) is 5.91 Å². The Balaban J connectivity index is 1.44. The van der Waals surface area contributed by atoms with E-state index in [9.17, 15) is 9.90 Å². The van der Waals surface area contributed by atoms with E-state index in [2.05, 4.69) is 25.6 Å². The summed E-state index contributed by atoms with van der Waals surface area (Å²) in [6, 6.07) is 16.4. The lowest BCUT2D eigenvalue weighted by Gasteiger charge is -2.15. The van der Waals surface area contributed by atoms with Crippen molar-refractivity contribution in [3.8, 4) is 11.5 Å². The third-order valence-electron chi connectivity index (χ3n) is 5.29. The van der Waals surface area contributed by atoms with Crippen LogP contribution in [-0.4, -0.2) is 56.9 Å². The minimum atomic E-state index is -1.26. The normalized spacial score (nSPS) is 11.6. The van der Waals surface area contributed by atoms with Crippen molar-refractivity contribution in [2.45, 2.75) is 19.1 Å². The van der Waals surface area contributed by atoms with E-state index in [0.717, 1.165) is 5.69 Å². The number of halogens is 1. The molecule has 0 aliphatic carbocycles. The van der Waals surface area contributed by atoms with Gasteiger partial charge in [-0.1, -0.05) is 23.7 Å². The van der Waals surface area contributed by atoms with E-state index >= 15 is 0 Å². The van der Waals surface area contributed by atoms with Gasteiger partial charge in [0.1, 0.15) is 43.0 Å². The molecule has 2 heterocycles. The number of carbonyl (C=O) groups is 1. The molecule has 10 nitrogen and oxygen atoms in total. The first kappa shape index (κ1) is 26.1. The Morgan fingerprint density at radius 3 is 2.70 bits per heavy atom. The van der Waals surface area contributed by atoms with Gasteiger partial charge in [0.25, 0.3) is 0 Å². The number of carbonyl (C=O) groups excluding carboxylic acids is 1. The van der Waals surface area contributed by atoms with E-state index in [1.807, 2.05) is 36.4 Å². The number of anilines is 2. The van der Waals surface area contributed by atoms with Crippen LogP contribution in [0.15, 0.2) is 67.1 Å². The summed E-state index contributed by atoms with van der Waals surface area (Å²) in [5.74, 6) is 1.000. The Labute approximate surface area is 218 Å². The second kappa shape index (κ2) is 12.8. The number of hydrogen-bond acceptors (Lipinski definition) is 9. The van der Waals surface area contributed by atoms with Crippen molar-refractivity contribution in [1.82, 2.24) is 20.3 Å². The van der Waals surface area contributed by atoms with E-state index in [1.54, 1.807) is 24.4 Å². The number of benzene rings is 2. The molecule has 0 bridgehead atoms. The number of aliphatic hydroxyl groups excluding tert-OH is 2. The topological polar surface area (TPSA) is 139 Å². The highest BCUT2D eigenvalue weighted by Gasteiger charge is 2.14. The van der Waals surface area contributed by atoms with Crippen LogP contribution >= 0.6 is 11.6 Å². The Hall–Kier alpha value is -3.99. The predicted octanol–water partition coefficient (Wildman–Crippen LogP) is 3.24. The van der Waals surface area contributed by atoms with Gasteiger partial charge in [-0.25, -0.2) is 9.97 Å². The highest BCUT2D eigenvalue weighted by atomic mass is 35.5. The van der Waals surface area contributed by atoms with Crippen molar-refractivity contribution in [3.05, 3.63) is 77.8 Å². The molecule has 0 radical (unpaired) electrons. The number of hydrogen-bond donors (Lipinski definition) is 4. The lowest BCUT2D eigenvalue weighted by molar-refractivity contribution is -0.130. The van der Waals surface area contributed by atoms with E-state index < -0.39 is 12.0 Å². The number of fused-ring (bicyclic) bond motifs is 1. The fourth-order valence-corrected chi connectivity index (χ4v) is 3.70. The average molecular weight is 524 g/mol. The van der Waals surface area contributed by atoms with E-state index in [4.69, 9.17) is 26.2 Å². The fraction of sp³-hybridized carbons (Fsp3) is 0.231. The maximum Gasteiger partial charge on any atom is 0.249 e. The van der Waals surface area contributed by atoms with Crippen LogP contribution in [0.5, 0.6) is 11.5 Å². The SMILES string of the molecule is O=C(NCCOc1cccc2ncnc(Nc3ccc(OCc4ccccn4)c(Cl)c3)c12)[C@H](O)CCO. The van der Waals surface area contributed by atoms with E-state index in [0.29, 0.717) is 45.5 Å². The molecule has 0 saturated carbocycles. The molecular weight excluding hydrogens is 498 g/mol. The third kappa shape index (κ3) is 7.04. The Morgan fingerprint density at radius 2 is 1.92 bits per heavy atom. The summed E-state index contributed by atoms with van der Waals surface area (Å²) in [4.78, 5) is 24.7. The van der Waals surface area contributed by atoms with E-state index in [-0.39, 0.29) is 26.2 Å². The Morgan fingerprint density at radius 1 is 1.03 bits per heavy atom. The van der Waals surface area contributed by atoms with Gasteiger partial charge in [-0.15, -0.1) is 0 Å². The number of rotatable bonds is 12. The molecule has 1 amide bonds. The molecule has 2 aromatic carbocycles. The molecule has 2 aromatic heterocycles. The number of nitrogens with zero attached hydrogens (tertiary/aromatic N) is 3. The Kier molecular flexibility index (Phi) is 9.03. The van der Waals surface area contributed by atoms with Crippen LogP contribution in [-0.2, 0) is 11.4 Å². The second-order valence-electron chi connectivity index (χ2n) is 7.92. The van der Waals surface area contributed by atoms with Crippen molar-refractivity contribution in [1.29, 1.82) is 0 Å². The van der Waals surface area contributed by atoms with Crippen LogP contribution in [0.3, 0.4) is 0 Å². The summed E-state index contributed by atoms with van der Waals surface area (Å²) < 4.78 is 11.7. The van der Waals surface area contributed by atoms with Crippen LogP contribution in [0.1, 0.15) is 12.1 Å². The largest absolute Gasteiger partial charge is 0.491 e. The van der Waals surface area contributed by atoms with Crippen LogP contribution in [0.4, 0.5) is 11.5 Å². The van der Waals surface area contributed by atoms with Gasteiger partial charge in [-0.3, -0.25) is 9.78 Å². The summed E-state index contributed by atoms with van der Waals surface area (Å²) >= 11 is 6.45. The number of aliphatic hydroxyl groups is 2. The Bertz CT molecular complexity index is 1340. The van der Waals surface area contributed by atoms with E-state index in [1.165, 1.54) is 6.33 Å². The molecule has 0 fully saturated rings. The zero-order chi connectivity index (χ0) is 26.0. The average Bonchev–Trinajstić information content (AvgIpc) is 2.91. The molecule has 4 aromatic rings. The highest BCUT2D eigenvalue weighted by Crippen LogP contribution is 2.34. The summed E-state index contributed by atoms with van der Waals surface area (Å²) in [7, 11) is 0. The molecule has 0 unspecified atom stereocenters. The first-order chi connectivity index (χ1) is 18.0. The number of nitrogens with one attached hydrogen (secondary N) is 2. The number of aromatic nitrogens is 3. The number of pyridine rings is 1. The van der Waals surface area contributed by atoms with Gasteiger partial charge in [0.15, 0.2) is 0 Å². The molecule has 0 aliphatic heterocycles. The van der Waals surface area contributed by atoms with Crippen molar-refractivity contribution >= 4 is 39.9 Å². The maximum atomic E-state index is 11.8. The third-order valence-corrected chi connectivity index (χ3v) is 5.58. The standard InChI is InChI=1S/C26H26ClN5O5/c27-19-14-17(7-8-22(19)37-15-18-4-1-2-10-28-18)32-25-24-20(30-16-31-25)5-3-6-23(24)36-13-11-29-26(35)21(34)9-12-33/h1-8,10,14,16,21,33-34H,9,11-13,15H2,(H,29,35)(H,30,31,32)/t21-/m1/s1. The number of amides is 1. The summed E-state index contributed by atoms with van der Waals surface area (Å²) in [5.41, 5.74) is 2.15. The minimum Gasteiger partial charge on any atom is -0.491 e. The highest BCUT2D eigenvalue weighted by molar-refractivity contribution is 6.32. The van der Waals surface area contributed by atoms with Crippen LogP contribution < -0.4 is 20.1 Å². The lowest BCUT2D eigenvalue weighted by atomic mass is 10.2. The summed E-state index contributed by atoms with van der Waals surface area (Å²) in [5, 5.41) is 25.4. The van der Waals surface area contributed by atoms with Crippen LogP contribution in [0.2, 0.25) is 5.02 Å². The van der Waals surface area contributed by atoms with Crippen LogP contribution in [0.25, 0.3) is 10.9 Å². The molecule has 4 rings (SSSR count). The zero-order valence-electron chi connectivity index (χ0n) is 19.8. The van der Waals surface area contributed by atoms with Crippen molar-refractivity contribution in [2.24, 2.45) is 0 Å². The molecule has 4 N–H and O–H groups in total. The first-order valence-corrected chi connectivity index (χ1v) is 12.0. The molecule has 1 atom stereocenters. The van der Waals surface area contributed by atoms with Gasteiger partial charge in [0, 0.05) is 24.9 Å². The number of ether oxygens (including phenoxy) is 2. The zero-order valence-corrected chi connectivity index (χ0v) is 20.6. The minimum absolute atomic E-state index is 0.0241. The lowest BCUT2D eigenvalue weighted by Crippen LogP contribution is -2.37. The molecule has 11 heteroatoms. The quantitative estimate of drug-likeness (QED) is 0.206. The monoisotopic (exact) mass is 523 g/mol. The van der Waals surface area contributed by atoms with Gasteiger partial charge in [0.05, 0.1) is 28.2 Å². The molecule has 0 aliphatic rings. The van der Waals surface area contributed by atoms with Gasteiger partial charge < -0.3 is 30.3 Å². The smallest absolute Gasteiger partial charge is 0.249 e. The van der Waals surface area contributed by atoms with Crippen molar-refractivity contribution in [2.75, 3.05) is 25.1 Å². The molecular formula is C26H26ClN5O5. The predicted molar refractivity (Wildman–Crippen MR) is 139 cm³/mol. The van der Waals surface area contributed by atoms with Crippen LogP contribution in [0, 0.1) is 0 Å². The molecule has 0 spiro atoms. The molecule has 37 heavy (non-hydrogen) atoms. The molecule has 0 saturated heterocycles. The fourth-order valence-electron chi connectivity index (χ4n) is 3.47. The van der Waals surface area contributed by atoms with Gasteiger partial charge in [-0.2, -0.15) is 0 Å². The first-order valence-electron chi connectivity index (χ1n) is 11.6. The summed E-state index contributed by atoms with van der Waals surface area (Å²) in [6.07, 6.45) is 1.87. The second-order valence-corrected chi connectivity index (χ2v) is 8.33. The van der Waals surface area contributed by atoms with Crippen molar-refractivity contribution in [3.63, 3.8) is 0 Å². The molecule has 192 valence electrons. The van der Waals surface area contributed by atoms with Gasteiger partial charge in [-0.05, 0) is 42.5 Å². The maximum absolute atomic E-state index is 11.8.